The zero-order valence-corrected chi connectivity index (χ0v) is 11.9. The molecule has 1 aliphatic rings. The summed E-state index contributed by atoms with van der Waals surface area (Å²) >= 11 is 1.30. The summed E-state index contributed by atoms with van der Waals surface area (Å²) in [7, 11) is 0. The molecular weight excluding hydrogens is 303 g/mol. The lowest BCUT2D eigenvalue weighted by Crippen LogP contribution is -2.29. The van der Waals surface area contributed by atoms with Crippen LogP contribution in [0.4, 0.5) is 13.2 Å². The molecule has 0 bridgehead atoms. The number of halogens is 3. The molecule has 1 atom stereocenters. The maximum absolute atomic E-state index is 12.6. The van der Waals surface area contributed by atoms with Crippen molar-refractivity contribution in [3.63, 3.8) is 0 Å². The van der Waals surface area contributed by atoms with E-state index in [1.807, 2.05) is 5.38 Å². The fourth-order valence-electron chi connectivity index (χ4n) is 2.48. The van der Waals surface area contributed by atoms with Crippen molar-refractivity contribution < 1.29 is 13.2 Å². The minimum Gasteiger partial charge on any atom is -0.334 e. The first kappa shape index (κ1) is 14.5. The fourth-order valence-corrected chi connectivity index (χ4v) is 2.93. The smallest absolute Gasteiger partial charge is 0.334 e. The van der Waals surface area contributed by atoms with E-state index in [4.69, 9.17) is 0 Å². The van der Waals surface area contributed by atoms with Crippen LogP contribution in [0.5, 0.6) is 0 Å². The van der Waals surface area contributed by atoms with Gasteiger partial charge in [-0.15, -0.1) is 5.10 Å². The number of hydrogen-bond acceptors (Lipinski definition) is 5. The quantitative estimate of drug-likeness (QED) is 0.938. The molecule has 0 amide bonds. The summed E-state index contributed by atoms with van der Waals surface area (Å²) in [6, 6.07) is 0. The molecule has 2 aromatic rings. The predicted molar refractivity (Wildman–Crippen MR) is 70.7 cm³/mol. The summed E-state index contributed by atoms with van der Waals surface area (Å²) in [6.45, 7) is 1.95. The molecule has 3 heterocycles. The predicted octanol–water partition coefficient (Wildman–Crippen LogP) is 2.11. The van der Waals surface area contributed by atoms with Crippen LogP contribution in [0.1, 0.15) is 23.6 Å². The zero-order chi connectivity index (χ0) is 14.9. The topological polar surface area (TPSA) is 55.6 Å². The highest BCUT2D eigenvalue weighted by Crippen LogP contribution is 2.30. The van der Waals surface area contributed by atoms with Gasteiger partial charge in [0.15, 0.2) is 5.69 Å². The summed E-state index contributed by atoms with van der Waals surface area (Å²) in [6.07, 6.45) is -1.82. The minimum atomic E-state index is -4.37. The van der Waals surface area contributed by atoms with Crippen molar-refractivity contribution in [1.29, 1.82) is 0 Å². The average molecular weight is 317 g/mol. The maximum atomic E-state index is 12.6. The lowest BCUT2D eigenvalue weighted by atomic mass is 9.99. The SMILES string of the molecule is FC(F)(F)c1cn2c(n1)CC[C@H](CNCc1csnn1)C2. The first-order valence-corrected chi connectivity index (χ1v) is 7.46. The van der Waals surface area contributed by atoms with E-state index in [0.29, 0.717) is 31.3 Å². The van der Waals surface area contributed by atoms with Gasteiger partial charge in [0.25, 0.3) is 0 Å². The molecule has 1 aliphatic heterocycles. The Morgan fingerprint density at radius 1 is 1.43 bits per heavy atom. The Morgan fingerprint density at radius 2 is 2.29 bits per heavy atom. The summed E-state index contributed by atoms with van der Waals surface area (Å²) in [5.74, 6) is 0.835. The van der Waals surface area contributed by atoms with Gasteiger partial charge in [0.2, 0.25) is 0 Å². The summed E-state index contributed by atoms with van der Waals surface area (Å²) in [5.41, 5.74) is 0.0955. The Labute approximate surface area is 123 Å². The van der Waals surface area contributed by atoms with Gasteiger partial charge in [-0.2, -0.15) is 13.2 Å². The maximum Gasteiger partial charge on any atom is 0.434 e. The highest BCUT2D eigenvalue weighted by atomic mass is 32.1. The molecule has 0 fully saturated rings. The molecule has 1 N–H and O–H groups in total. The van der Waals surface area contributed by atoms with Crippen LogP contribution in [0.2, 0.25) is 0 Å². The molecule has 3 rings (SSSR count). The molecule has 114 valence electrons. The van der Waals surface area contributed by atoms with Crippen LogP contribution in [0.15, 0.2) is 11.6 Å². The lowest BCUT2D eigenvalue weighted by molar-refractivity contribution is -0.141. The van der Waals surface area contributed by atoms with Gasteiger partial charge in [-0.1, -0.05) is 4.49 Å². The Morgan fingerprint density at radius 3 is 3.00 bits per heavy atom. The van der Waals surface area contributed by atoms with Gasteiger partial charge in [0.1, 0.15) is 5.82 Å². The van der Waals surface area contributed by atoms with Crippen LogP contribution in [0.25, 0.3) is 0 Å². The van der Waals surface area contributed by atoms with Crippen molar-refractivity contribution in [3.8, 4) is 0 Å². The monoisotopic (exact) mass is 317 g/mol. The Kier molecular flexibility index (Phi) is 3.94. The van der Waals surface area contributed by atoms with E-state index < -0.39 is 11.9 Å². The number of alkyl halides is 3. The van der Waals surface area contributed by atoms with Crippen LogP contribution in [0.3, 0.4) is 0 Å². The van der Waals surface area contributed by atoms with Gasteiger partial charge >= 0.3 is 6.18 Å². The third-order valence-electron chi connectivity index (χ3n) is 3.52. The second kappa shape index (κ2) is 5.72. The minimum absolute atomic E-state index is 0.305. The first-order chi connectivity index (χ1) is 10.0. The van der Waals surface area contributed by atoms with Crippen LogP contribution in [-0.4, -0.2) is 25.7 Å². The van der Waals surface area contributed by atoms with Crippen molar-refractivity contribution in [2.75, 3.05) is 6.54 Å². The van der Waals surface area contributed by atoms with Crippen LogP contribution >= 0.6 is 11.5 Å². The van der Waals surface area contributed by atoms with Crippen LogP contribution in [0, 0.1) is 5.92 Å². The van der Waals surface area contributed by atoms with E-state index in [2.05, 4.69) is 19.9 Å². The third kappa shape index (κ3) is 3.41. The Bertz CT molecular complexity index is 593. The summed E-state index contributed by atoms with van der Waals surface area (Å²) in [5, 5.41) is 9.08. The molecule has 21 heavy (non-hydrogen) atoms. The number of hydrogen-bond donors (Lipinski definition) is 1. The molecule has 0 unspecified atom stereocenters. The van der Waals surface area contributed by atoms with Crippen molar-refractivity contribution in [1.82, 2.24) is 24.5 Å². The first-order valence-electron chi connectivity index (χ1n) is 6.62. The molecule has 2 aromatic heterocycles. The standard InChI is InChI=1S/C12H14F3N5S/c13-12(14,15)10-6-20-5-8(1-2-11(20)17-10)3-16-4-9-7-21-19-18-9/h6-8,16H,1-5H2/t8-/m1/s1. The van der Waals surface area contributed by atoms with E-state index in [9.17, 15) is 13.2 Å². The van der Waals surface area contributed by atoms with Gasteiger partial charge in [-0.05, 0) is 23.9 Å². The number of aromatic nitrogens is 4. The van der Waals surface area contributed by atoms with Gasteiger partial charge < -0.3 is 9.88 Å². The number of imidazole rings is 1. The van der Waals surface area contributed by atoms with Gasteiger partial charge in [0.05, 0.1) is 5.69 Å². The number of rotatable bonds is 4. The molecule has 0 aromatic carbocycles. The second-order valence-electron chi connectivity index (χ2n) is 5.12. The second-order valence-corrected chi connectivity index (χ2v) is 5.73. The molecule has 0 aliphatic carbocycles. The molecule has 0 spiro atoms. The molecule has 0 radical (unpaired) electrons. The molecule has 5 nitrogen and oxygen atoms in total. The average Bonchev–Trinajstić information content (AvgIpc) is 3.05. The third-order valence-corrected chi connectivity index (χ3v) is 4.08. The van der Waals surface area contributed by atoms with E-state index >= 15 is 0 Å². The molecule has 9 heteroatoms. The van der Waals surface area contributed by atoms with Crippen LogP contribution in [-0.2, 0) is 25.7 Å². The van der Waals surface area contributed by atoms with Crippen molar-refractivity contribution >= 4 is 11.5 Å². The number of fused-ring (bicyclic) bond motifs is 1. The molecule has 0 saturated heterocycles. The normalized spacial score (nSPS) is 18.7. The van der Waals surface area contributed by atoms with E-state index in [1.165, 1.54) is 11.5 Å². The van der Waals surface area contributed by atoms with E-state index in [-0.39, 0.29) is 0 Å². The highest BCUT2D eigenvalue weighted by molar-refractivity contribution is 7.03. The Hall–Kier alpha value is -1.48. The number of aryl methyl sites for hydroxylation is 1. The van der Waals surface area contributed by atoms with E-state index in [0.717, 1.165) is 24.9 Å². The summed E-state index contributed by atoms with van der Waals surface area (Å²) in [4.78, 5) is 3.68. The number of nitrogens with zero attached hydrogens (tertiary/aromatic N) is 4. The molecular formula is C12H14F3N5S. The number of nitrogens with one attached hydrogen (secondary N) is 1. The molecule has 0 saturated carbocycles. The lowest BCUT2D eigenvalue weighted by Gasteiger charge is -2.23. The van der Waals surface area contributed by atoms with E-state index in [1.54, 1.807) is 4.57 Å². The van der Waals surface area contributed by atoms with Crippen LogP contribution < -0.4 is 5.32 Å². The van der Waals surface area contributed by atoms with Crippen molar-refractivity contribution in [2.45, 2.75) is 32.1 Å². The van der Waals surface area contributed by atoms with Gasteiger partial charge in [0, 0.05) is 37.6 Å². The van der Waals surface area contributed by atoms with Crippen molar-refractivity contribution in [3.05, 3.63) is 28.8 Å². The Balaban J connectivity index is 1.56. The fraction of sp³-hybridized carbons (Fsp3) is 0.583. The van der Waals surface area contributed by atoms with Gasteiger partial charge in [-0.3, -0.25) is 0 Å². The highest BCUT2D eigenvalue weighted by Gasteiger charge is 2.35. The summed E-state index contributed by atoms with van der Waals surface area (Å²) < 4.78 is 43.3. The van der Waals surface area contributed by atoms with Gasteiger partial charge in [-0.25, -0.2) is 4.98 Å². The zero-order valence-electron chi connectivity index (χ0n) is 11.1. The van der Waals surface area contributed by atoms with Crippen molar-refractivity contribution in [2.24, 2.45) is 5.92 Å². The largest absolute Gasteiger partial charge is 0.434 e.